The van der Waals surface area contributed by atoms with E-state index in [1.165, 1.54) is 0 Å². The van der Waals surface area contributed by atoms with Crippen LogP contribution in [-0.4, -0.2) is 6.98 Å². The van der Waals surface area contributed by atoms with Gasteiger partial charge in [0.2, 0.25) is 0 Å². The van der Waals surface area contributed by atoms with E-state index in [0.29, 0.717) is 6.54 Å². The lowest BCUT2D eigenvalue weighted by molar-refractivity contribution is 0.818. The fraction of sp³-hybridized carbons (Fsp3) is 0.250. The number of hydrogen-bond donors (Lipinski definition) is 1. The highest BCUT2D eigenvalue weighted by atomic mass is 35.5. The van der Waals surface area contributed by atoms with Gasteiger partial charge in [-0.3, -0.25) is 0 Å². The van der Waals surface area contributed by atoms with Gasteiger partial charge in [-0.05, 0) is 12.5 Å². The van der Waals surface area contributed by atoms with Crippen LogP contribution in [0.15, 0.2) is 30.3 Å². The molecule has 0 heterocycles. The predicted molar refractivity (Wildman–Crippen MR) is 46.5 cm³/mol. The summed E-state index contributed by atoms with van der Waals surface area (Å²) in [4.78, 5) is 0. The second-order valence-electron chi connectivity index (χ2n) is 1.84. The van der Waals surface area contributed by atoms with Crippen LogP contribution in [0, 0.1) is 0 Å². The Morgan fingerprint density at radius 3 is 2.70 bits per heavy atom. The van der Waals surface area contributed by atoms with Crippen molar-refractivity contribution in [3.05, 3.63) is 35.9 Å². The Kier molecular flexibility index (Phi) is 2.72. The number of rotatable bonds is 2. The van der Waals surface area contributed by atoms with Crippen molar-refractivity contribution in [2.24, 2.45) is 0 Å². The lowest BCUT2D eigenvalue weighted by Gasteiger charge is -1.95. The molecule has 1 aromatic carbocycles. The molecule has 1 N–H and O–H groups in total. The van der Waals surface area contributed by atoms with Crippen molar-refractivity contribution < 1.29 is 4.11 Å². The minimum absolute atomic E-state index is 0. The highest BCUT2D eigenvalue weighted by molar-refractivity contribution is 5.85. The van der Waals surface area contributed by atoms with Crippen LogP contribution < -0.4 is 5.32 Å². The van der Waals surface area contributed by atoms with Gasteiger partial charge in [-0.25, -0.2) is 0 Å². The van der Waals surface area contributed by atoms with Crippen molar-refractivity contribution in [1.82, 2.24) is 5.32 Å². The number of benzene rings is 1. The van der Waals surface area contributed by atoms with Crippen molar-refractivity contribution in [3.8, 4) is 0 Å². The fourth-order valence-corrected chi connectivity index (χ4v) is 0.698. The molecule has 56 valence electrons. The Morgan fingerprint density at radius 1 is 1.40 bits per heavy atom. The summed E-state index contributed by atoms with van der Waals surface area (Å²) in [5, 5.41) is 2.44. The Labute approximate surface area is 72.1 Å². The zero-order chi connectivity index (χ0) is 9.03. The molecule has 0 aliphatic heterocycles. The fourth-order valence-electron chi connectivity index (χ4n) is 0.698. The molecule has 1 aromatic rings. The number of hydrogen-bond acceptors (Lipinski definition) is 1. The van der Waals surface area contributed by atoms with Gasteiger partial charge < -0.3 is 5.32 Å². The standard InChI is InChI=1S/C8H11N.ClH/c1-9-7-8-5-3-2-4-6-8;/h2-6,9H,7H2,1H3;1H/i1D3;. The molecule has 10 heavy (non-hydrogen) atoms. The SMILES string of the molecule is Cl.[2H]C([2H])([2H])NCc1ccccc1. The summed E-state index contributed by atoms with van der Waals surface area (Å²) in [5.41, 5.74) is 0.980. The minimum atomic E-state index is -2.05. The molecule has 2 heteroatoms. The predicted octanol–water partition coefficient (Wildman–Crippen LogP) is 1.83. The van der Waals surface area contributed by atoms with Gasteiger partial charge in [0.1, 0.15) is 0 Å². The Bertz CT molecular complexity index is 235. The average Bonchev–Trinajstić information content (AvgIpc) is 2.02. The van der Waals surface area contributed by atoms with Crippen molar-refractivity contribution >= 4 is 12.4 Å². The summed E-state index contributed by atoms with van der Waals surface area (Å²) in [7, 11) is 0. The smallest absolute Gasteiger partial charge is 0.0391 e. The van der Waals surface area contributed by atoms with Crippen molar-refractivity contribution in [2.45, 2.75) is 6.54 Å². The Balaban J connectivity index is 0.00000144. The molecule has 0 saturated carbocycles. The molecule has 0 bridgehead atoms. The van der Waals surface area contributed by atoms with Gasteiger partial charge in [0.05, 0.1) is 0 Å². The number of halogens is 1. The maximum atomic E-state index is 6.90. The van der Waals surface area contributed by atoms with E-state index < -0.39 is 6.98 Å². The molecular weight excluding hydrogens is 146 g/mol. The zero-order valence-corrected chi connectivity index (χ0v) is 6.32. The summed E-state index contributed by atoms with van der Waals surface area (Å²) in [6.07, 6.45) is 0. The highest BCUT2D eigenvalue weighted by Gasteiger charge is 1.83. The van der Waals surface area contributed by atoms with Crippen molar-refractivity contribution in [1.29, 1.82) is 0 Å². The van der Waals surface area contributed by atoms with Crippen LogP contribution in [-0.2, 0) is 6.54 Å². The first-order chi connectivity index (χ1) is 5.58. The molecule has 0 unspecified atom stereocenters. The first-order valence-electron chi connectivity index (χ1n) is 4.37. The molecule has 0 atom stereocenters. The third-order valence-corrected chi connectivity index (χ3v) is 1.14. The first kappa shape index (κ1) is 5.16. The summed E-state index contributed by atoms with van der Waals surface area (Å²) in [6, 6.07) is 9.45. The van der Waals surface area contributed by atoms with E-state index in [1.807, 2.05) is 30.3 Å². The maximum absolute atomic E-state index is 6.90. The molecule has 1 nitrogen and oxygen atoms in total. The van der Waals surface area contributed by atoms with Crippen LogP contribution in [0.1, 0.15) is 9.68 Å². The third-order valence-electron chi connectivity index (χ3n) is 1.14. The van der Waals surface area contributed by atoms with Crippen LogP contribution in [0.2, 0.25) is 0 Å². The summed E-state index contributed by atoms with van der Waals surface area (Å²) in [5.74, 6) is 0. The quantitative estimate of drug-likeness (QED) is 0.696. The van der Waals surface area contributed by atoms with Gasteiger partial charge in [0, 0.05) is 10.7 Å². The van der Waals surface area contributed by atoms with Crippen LogP contribution in [0.25, 0.3) is 0 Å². The van der Waals surface area contributed by atoms with Crippen molar-refractivity contribution in [3.63, 3.8) is 0 Å². The molecule has 0 spiro atoms. The maximum Gasteiger partial charge on any atom is 0.0391 e. The molecule has 0 radical (unpaired) electrons. The molecule has 0 aliphatic rings. The monoisotopic (exact) mass is 160 g/mol. The lowest BCUT2D eigenvalue weighted by Crippen LogP contribution is -2.04. The van der Waals surface area contributed by atoms with Gasteiger partial charge in [-0.15, -0.1) is 12.4 Å². The second kappa shape index (κ2) is 5.27. The zero-order valence-electron chi connectivity index (χ0n) is 8.50. The molecule has 0 aromatic heterocycles. The van der Waals surface area contributed by atoms with Crippen LogP contribution in [0.4, 0.5) is 0 Å². The molecule has 1 rings (SSSR count). The second-order valence-corrected chi connectivity index (χ2v) is 1.84. The lowest BCUT2D eigenvalue weighted by atomic mass is 10.2. The molecular formula is C8H12ClN. The van der Waals surface area contributed by atoms with E-state index in [2.05, 4.69) is 5.32 Å². The van der Waals surface area contributed by atoms with E-state index in [9.17, 15) is 0 Å². The van der Waals surface area contributed by atoms with Gasteiger partial charge in [-0.1, -0.05) is 30.3 Å². The van der Waals surface area contributed by atoms with Gasteiger partial charge in [0.25, 0.3) is 0 Å². The largest absolute Gasteiger partial charge is 0.316 e. The van der Waals surface area contributed by atoms with E-state index in [4.69, 9.17) is 4.11 Å². The molecule has 0 saturated heterocycles. The van der Waals surface area contributed by atoms with Crippen LogP contribution in [0.3, 0.4) is 0 Å². The molecule has 0 aliphatic carbocycles. The number of nitrogens with one attached hydrogen (secondary N) is 1. The van der Waals surface area contributed by atoms with Gasteiger partial charge in [-0.2, -0.15) is 0 Å². The van der Waals surface area contributed by atoms with Gasteiger partial charge in [0.15, 0.2) is 0 Å². The summed E-state index contributed by atoms with van der Waals surface area (Å²) in [6.45, 7) is -1.66. The van der Waals surface area contributed by atoms with E-state index in [0.717, 1.165) is 5.56 Å². The normalized spacial score (nSPS) is 14.2. The van der Waals surface area contributed by atoms with E-state index >= 15 is 0 Å². The topological polar surface area (TPSA) is 12.0 Å². The first-order valence-corrected chi connectivity index (χ1v) is 2.87. The van der Waals surface area contributed by atoms with Crippen molar-refractivity contribution in [2.75, 3.05) is 6.98 Å². The third kappa shape index (κ3) is 2.85. The minimum Gasteiger partial charge on any atom is -0.316 e. The molecule has 0 amide bonds. The Hall–Kier alpha value is -0.530. The van der Waals surface area contributed by atoms with E-state index in [1.54, 1.807) is 0 Å². The van der Waals surface area contributed by atoms with Gasteiger partial charge >= 0.3 is 0 Å². The highest BCUT2D eigenvalue weighted by Crippen LogP contribution is 1.95. The van der Waals surface area contributed by atoms with Crippen LogP contribution in [0.5, 0.6) is 0 Å². The van der Waals surface area contributed by atoms with Crippen LogP contribution >= 0.6 is 12.4 Å². The van der Waals surface area contributed by atoms with E-state index in [-0.39, 0.29) is 12.4 Å². The molecule has 0 fully saturated rings. The summed E-state index contributed by atoms with van der Waals surface area (Å²) >= 11 is 0. The Morgan fingerprint density at radius 2 is 2.10 bits per heavy atom. The summed E-state index contributed by atoms with van der Waals surface area (Å²) < 4.78 is 20.7. The average molecular weight is 161 g/mol.